The third-order valence-electron chi connectivity index (χ3n) is 1.91. The number of carbonyl (C=O) groups is 1. The van der Waals surface area contributed by atoms with E-state index in [1.54, 1.807) is 0 Å². The van der Waals surface area contributed by atoms with E-state index in [4.69, 9.17) is 0 Å². The quantitative estimate of drug-likeness (QED) is 0.858. The van der Waals surface area contributed by atoms with Gasteiger partial charge in [-0.3, -0.25) is 4.79 Å². The van der Waals surface area contributed by atoms with E-state index < -0.39 is 0 Å². The van der Waals surface area contributed by atoms with Gasteiger partial charge in [0.2, 0.25) is 0 Å². The first-order chi connectivity index (χ1) is 7.20. The first-order valence-electron chi connectivity index (χ1n) is 4.16. The molecular weight excluding hydrogens is 324 g/mol. The second kappa shape index (κ2) is 4.28. The summed E-state index contributed by atoms with van der Waals surface area (Å²) in [6.07, 6.45) is 2.25. The van der Waals surface area contributed by atoms with Crippen LogP contribution < -0.4 is 0 Å². The van der Waals surface area contributed by atoms with Crippen molar-refractivity contribution in [1.82, 2.24) is 9.97 Å². The molecule has 0 bridgehead atoms. The van der Waals surface area contributed by atoms with E-state index in [1.165, 1.54) is 6.20 Å². The Labute approximate surface area is 103 Å². The second-order valence-corrected chi connectivity index (χ2v) is 4.70. The molecule has 0 aliphatic carbocycles. The first-order valence-corrected chi connectivity index (χ1v) is 5.75. The lowest BCUT2D eigenvalue weighted by atomic mass is 10.2. The number of aldehydes is 1. The van der Waals surface area contributed by atoms with Crippen LogP contribution in [0.15, 0.2) is 33.3 Å². The predicted molar refractivity (Wildman–Crippen MR) is 64.8 cm³/mol. The van der Waals surface area contributed by atoms with Gasteiger partial charge in [0.1, 0.15) is 5.82 Å². The van der Waals surface area contributed by atoms with Crippen LogP contribution >= 0.6 is 31.9 Å². The van der Waals surface area contributed by atoms with Crippen LogP contribution in [0.5, 0.6) is 0 Å². The van der Waals surface area contributed by atoms with Crippen LogP contribution in [-0.2, 0) is 0 Å². The van der Waals surface area contributed by atoms with E-state index in [2.05, 4.69) is 41.8 Å². The van der Waals surface area contributed by atoms with Crippen molar-refractivity contribution in [2.75, 3.05) is 0 Å². The van der Waals surface area contributed by atoms with Crippen molar-refractivity contribution in [3.63, 3.8) is 0 Å². The lowest BCUT2D eigenvalue weighted by Gasteiger charge is -2.01. The van der Waals surface area contributed by atoms with Crippen LogP contribution in [-0.4, -0.2) is 16.3 Å². The van der Waals surface area contributed by atoms with Crippen LogP contribution in [0.1, 0.15) is 10.5 Å². The lowest BCUT2D eigenvalue weighted by Crippen LogP contribution is -1.84. The summed E-state index contributed by atoms with van der Waals surface area (Å²) in [6.45, 7) is 0. The van der Waals surface area contributed by atoms with E-state index in [9.17, 15) is 4.79 Å². The molecule has 0 atom stereocenters. The summed E-state index contributed by atoms with van der Waals surface area (Å²) in [4.78, 5) is 17.5. The van der Waals surface area contributed by atoms with Gasteiger partial charge in [0.15, 0.2) is 6.29 Å². The van der Waals surface area contributed by atoms with Crippen molar-refractivity contribution >= 4 is 38.1 Å². The Morgan fingerprint density at radius 1 is 1.33 bits per heavy atom. The molecule has 1 aromatic heterocycles. The number of H-pyrrole nitrogens is 1. The van der Waals surface area contributed by atoms with Crippen LogP contribution in [0, 0.1) is 0 Å². The maximum Gasteiger partial charge on any atom is 0.167 e. The van der Waals surface area contributed by atoms with Gasteiger partial charge in [-0.1, -0.05) is 31.9 Å². The molecule has 1 heterocycles. The predicted octanol–water partition coefficient (Wildman–Crippen LogP) is 3.41. The Morgan fingerprint density at radius 2 is 2.13 bits per heavy atom. The van der Waals surface area contributed by atoms with Gasteiger partial charge in [-0.15, -0.1) is 0 Å². The van der Waals surface area contributed by atoms with Gasteiger partial charge in [0.25, 0.3) is 0 Å². The van der Waals surface area contributed by atoms with Crippen molar-refractivity contribution in [3.8, 4) is 11.4 Å². The van der Waals surface area contributed by atoms with Gasteiger partial charge in [-0.05, 0) is 18.2 Å². The molecule has 0 aliphatic heterocycles. The molecule has 0 saturated carbocycles. The minimum absolute atomic E-state index is 0.469. The lowest BCUT2D eigenvalue weighted by molar-refractivity contribution is 0.111. The summed E-state index contributed by atoms with van der Waals surface area (Å²) in [5.74, 6) is 0.672. The number of hydrogen-bond donors (Lipinski definition) is 1. The third kappa shape index (κ3) is 2.18. The number of aromatic amines is 1. The zero-order valence-corrected chi connectivity index (χ0v) is 10.7. The Balaban J connectivity index is 2.52. The maximum atomic E-state index is 10.5. The molecule has 3 nitrogen and oxygen atoms in total. The molecule has 76 valence electrons. The molecule has 1 aromatic carbocycles. The Bertz CT molecular complexity index is 508. The number of benzene rings is 1. The molecule has 1 N–H and O–H groups in total. The van der Waals surface area contributed by atoms with Gasteiger partial charge >= 0.3 is 0 Å². The highest BCUT2D eigenvalue weighted by Crippen LogP contribution is 2.28. The summed E-state index contributed by atoms with van der Waals surface area (Å²) in [5, 5.41) is 0. The van der Waals surface area contributed by atoms with Crippen molar-refractivity contribution in [3.05, 3.63) is 39.0 Å². The molecule has 2 rings (SSSR count). The van der Waals surface area contributed by atoms with Crippen molar-refractivity contribution < 1.29 is 4.79 Å². The molecule has 5 heteroatoms. The fraction of sp³-hybridized carbons (Fsp3) is 0. The van der Waals surface area contributed by atoms with E-state index in [0.717, 1.165) is 20.8 Å². The fourth-order valence-electron chi connectivity index (χ4n) is 1.21. The number of nitrogens with one attached hydrogen (secondary N) is 1. The van der Waals surface area contributed by atoms with Gasteiger partial charge in [0.05, 0.1) is 11.9 Å². The molecule has 0 radical (unpaired) electrons. The number of rotatable bonds is 2. The highest BCUT2D eigenvalue weighted by atomic mass is 79.9. The zero-order valence-electron chi connectivity index (χ0n) is 7.50. The van der Waals surface area contributed by atoms with Crippen molar-refractivity contribution in [1.29, 1.82) is 0 Å². The van der Waals surface area contributed by atoms with Crippen LogP contribution in [0.2, 0.25) is 0 Å². The summed E-state index contributed by atoms with van der Waals surface area (Å²) in [7, 11) is 0. The summed E-state index contributed by atoms with van der Waals surface area (Å²) in [6, 6.07) is 5.77. The van der Waals surface area contributed by atoms with Gasteiger partial charge in [-0.25, -0.2) is 4.98 Å². The monoisotopic (exact) mass is 328 g/mol. The standard InChI is InChI=1S/C10H6Br2N2O/c11-6-1-2-9(12)8(3-6)10-13-4-7(5-15)14-10/h1-5H,(H,13,14). The number of aromatic nitrogens is 2. The second-order valence-electron chi connectivity index (χ2n) is 2.93. The first kappa shape index (κ1) is 10.6. The summed E-state index contributed by atoms with van der Waals surface area (Å²) in [5.41, 5.74) is 1.38. The van der Waals surface area contributed by atoms with E-state index in [0.29, 0.717) is 11.5 Å². The number of imidazole rings is 1. The minimum atomic E-state index is 0.469. The topological polar surface area (TPSA) is 45.8 Å². The molecule has 15 heavy (non-hydrogen) atoms. The van der Waals surface area contributed by atoms with Crippen molar-refractivity contribution in [2.45, 2.75) is 0 Å². The molecule has 2 aromatic rings. The smallest absolute Gasteiger partial charge is 0.167 e. The number of hydrogen-bond acceptors (Lipinski definition) is 2. The Kier molecular flexibility index (Phi) is 3.02. The molecular formula is C10H6Br2N2O. The molecule has 0 aliphatic rings. The molecule has 0 unspecified atom stereocenters. The molecule has 0 fully saturated rings. The highest BCUT2D eigenvalue weighted by molar-refractivity contribution is 9.11. The molecule has 0 amide bonds. The average molecular weight is 330 g/mol. The van der Waals surface area contributed by atoms with E-state index in [1.807, 2.05) is 18.2 Å². The molecule has 0 spiro atoms. The normalized spacial score (nSPS) is 10.3. The number of carbonyl (C=O) groups excluding carboxylic acids is 1. The van der Waals surface area contributed by atoms with Gasteiger partial charge in [-0.2, -0.15) is 0 Å². The fourth-order valence-corrected chi connectivity index (χ4v) is 2.01. The SMILES string of the molecule is O=Cc1cnc(-c2cc(Br)ccc2Br)[nH]1. The van der Waals surface area contributed by atoms with Crippen LogP contribution in [0.4, 0.5) is 0 Å². The minimum Gasteiger partial charge on any atom is -0.336 e. The Hall–Kier alpha value is -0.940. The summed E-state index contributed by atoms with van der Waals surface area (Å²) < 4.78 is 1.89. The van der Waals surface area contributed by atoms with E-state index in [-0.39, 0.29) is 0 Å². The van der Waals surface area contributed by atoms with Crippen LogP contribution in [0.3, 0.4) is 0 Å². The average Bonchev–Trinajstić information content (AvgIpc) is 2.70. The summed E-state index contributed by atoms with van der Waals surface area (Å²) >= 11 is 6.81. The zero-order chi connectivity index (χ0) is 10.8. The number of halogens is 2. The largest absolute Gasteiger partial charge is 0.336 e. The molecule has 0 saturated heterocycles. The van der Waals surface area contributed by atoms with Crippen molar-refractivity contribution in [2.24, 2.45) is 0 Å². The maximum absolute atomic E-state index is 10.5. The van der Waals surface area contributed by atoms with Crippen LogP contribution in [0.25, 0.3) is 11.4 Å². The van der Waals surface area contributed by atoms with Gasteiger partial charge < -0.3 is 4.98 Å². The Morgan fingerprint density at radius 3 is 2.80 bits per heavy atom. The third-order valence-corrected chi connectivity index (χ3v) is 3.09. The number of nitrogens with zero attached hydrogens (tertiary/aromatic N) is 1. The van der Waals surface area contributed by atoms with E-state index >= 15 is 0 Å². The highest BCUT2D eigenvalue weighted by Gasteiger charge is 2.07. The van der Waals surface area contributed by atoms with Gasteiger partial charge in [0, 0.05) is 14.5 Å².